The summed E-state index contributed by atoms with van der Waals surface area (Å²) in [4.78, 5) is 16.5. The number of para-hydroxylation sites is 1. The summed E-state index contributed by atoms with van der Waals surface area (Å²) >= 11 is 5.05. The van der Waals surface area contributed by atoms with Crippen molar-refractivity contribution in [1.82, 2.24) is 4.98 Å². The molecule has 0 unspecified atom stereocenters. The van der Waals surface area contributed by atoms with Crippen LogP contribution >= 0.6 is 27.3 Å². The van der Waals surface area contributed by atoms with Crippen LogP contribution < -0.4 is 5.32 Å². The number of alkyl halides is 1. The molecule has 118 valence electrons. The van der Waals surface area contributed by atoms with E-state index >= 15 is 0 Å². The van der Waals surface area contributed by atoms with Crippen LogP contribution in [0.25, 0.3) is 20.8 Å². The third-order valence-corrected chi connectivity index (χ3v) is 5.14. The maximum absolute atomic E-state index is 11.8. The molecule has 1 amide bonds. The Morgan fingerprint density at radius 1 is 1.09 bits per heavy atom. The number of nitrogens with one attached hydrogen (secondary N) is 1. The van der Waals surface area contributed by atoms with E-state index in [1.807, 2.05) is 42.5 Å². The number of benzene rings is 2. The van der Waals surface area contributed by atoms with Crippen molar-refractivity contribution in [3.8, 4) is 10.6 Å². The van der Waals surface area contributed by atoms with Gasteiger partial charge in [0.05, 0.1) is 10.2 Å². The van der Waals surface area contributed by atoms with Crippen molar-refractivity contribution in [2.45, 2.75) is 19.3 Å². The minimum absolute atomic E-state index is 0.0682. The highest BCUT2D eigenvalue weighted by Gasteiger charge is 2.07. The molecule has 0 aliphatic heterocycles. The number of halogens is 1. The van der Waals surface area contributed by atoms with Gasteiger partial charge in [0.2, 0.25) is 5.91 Å². The van der Waals surface area contributed by atoms with Gasteiger partial charge in [0.1, 0.15) is 5.01 Å². The molecule has 3 aromatic rings. The molecule has 3 rings (SSSR count). The minimum atomic E-state index is 0.0682. The summed E-state index contributed by atoms with van der Waals surface area (Å²) in [6.07, 6.45) is 2.48. The molecule has 0 aliphatic carbocycles. The van der Waals surface area contributed by atoms with E-state index in [-0.39, 0.29) is 5.91 Å². The maximum atomic E-state index is 11.8. The highest BCUT2D eigenvalue weighted by molar-refractivity contribution is 9.09. The zero-order valence-electron chi connectivity index (χ0n) is 12.6. The normalized spacial score (nSPS) is 10.8. The summed E-state index contributed by atoms with van der Waals surface area (Å²) in [7, 11) is 0. The molecule has 1 heterocycles. The molecule has 3 nitrogen and oxygen atoms in total. The third kappa shape index (κ3) is 4.18. The summed E-state index contributed by atoms with van der Waals surface area (Å²) in [6.45, 7) is 0. The molecule has 0 saturated carbocycles. The van der Waals surface area contributed by atoms with Gasteiger partial charge in [-0.05, 0) is 49.2 Å². The monoisotopic (exact) mass is 388 g/mol. The Labute approximate surface area is 147 Å². The van der Waals surface area contributed by atoms with Crippen LogP contribution in [0.15, 0.2) is 48.5 Å². The number of hydrogen-bond donors (Lipinski definition) is 1. The molecular formula is C18H17BrN2OS. The topological polar surface area (TPSA) is 42.0 Å². The number of nitrogens with zero attached hydrogens (tertiary/aromatic N) is 1. The van der Waals surface area contributed by atoms with Gasteiger partial charge in [0.15, 0.2) is 0 Å². The second-order valence-electron chi connectivity index (χ2n) is 5.26. The summed E-state index contributed by atoms with van der Waals surface area (Å²) < 4.78 is 1.19. The predicted octanol–water partition coefficient (Wildman–Crippen LogP) is 5.47. The maximum Gasteiger partial charge on any atom is 0.224 e. The van der Waals surface area contributed by atoms with Crippen LogP contribution in [0.5, 0.6) is 0 Å². The number of thiazole rings is 1. The summed E-state index contributed by atoms with van der Waals surface area (Å²) in [5.74, 6) is 0.0682. The molecular weight excluding hydrogens is 372 g/mol. The number of hydrogen-bond acceptors (Lipinski definition) is 3. The molecule has 0 spiro atoms. The molecule has 1 N–H and O–H groups in total. The largest absolute Gasteiger partial charge is 0.326 e. The number of rotatable bonds is 6. The molecule has 0 radical (unpaired) electrons. The van der Waals surface area contributed by atoms with Crippen LogP contribution in [0.3, 0.4) is 0 Å². The van der Waals surface area contributed by atoms with Crippen LogP contribution in [-0.4, -0.2) is 16.2 Å². The Bertz CT molecular complexity index is 765. The van der Waals surface area contributed by atoms with Crippen molar-refractivity contribution < 1.29 is 4.79 Å². The van der Waals surface area contributed by atoms with Crippen LogP contribution in [0, 0.1) is 0 Å². The van der Waals surface area contributed by atoms with Crippen molar-refractivity contribution in [2.24, 2.45) is 0 Å². The average Bonchev–Trinajstić information content (AvgIpc) is 3.00. The molecule has 23 heavy (non-hydrogen) atoms. The van der Waals surface area contributed by atoms with Crippen molar-refractivity contribution in [3.05, 3.63) is 48.5 Å². The van der Waals surface area contributed by atoms with E-state index < -0.39 is 0 Å². The Kier molecular flexibility index (Phi) is 5.41. The first kappa shape index (κ1) is 16.1. The Morgan fingerprint density at radius 3 is 2.61 bits per heavy atom. The third-order valence-electron chi connectivity index (χ3n) is 3.50. The minimum Gasteiger partial charge on any atom is -0.326 e. The van der Waals surface area contributed by atoms with Crippen LogP contribution in [-0.2, 0) is 4.79 Å². The second-order valence-corrected chi connectivity index (χ2v) is 7.08. The van der Waals surface area contributed by atoms with E-state index in [1.54, 1.807) is 11.3 Å². The molecule has 5 heteroatoms. The average molecular weight is 389 g/mol. The summed E-state index contributed by atoms with van der Waals surface area (Å²) in [6, 6.07) is 16.0. The second kappa shape index (κ2) is 7.70. The van der Waals surface area contributed by atoms with Gasteiger partial charge in [-0.1, -0.05) is 28.1 Å². The van der Waals surface area contributed by atoms with Gasteiger partial charge in [-0.2, -0.15) is 0 Å². The van der Waals surface area contributed by atoms with Crippen molar-refractivity contribution >= 4 is 49.1 Å². The molecule has 2 aromatic carbocycles. The molecule has 0 atom stereocenters. The first-order valence-electron chi connectivity index (χ1n) is 7.58. The number of aromatic nitrogens is 1. The van der Waals surface area contributed by atoms with Crippen LogP contribution in [0.4, 0.5) is 5.69 Å². The fourth-order valence-electron chi connectivity index (χ4n) is 2.30. The van der Waals surface area contributed by atoms with Gasteiger partial charge in [-0.15, -0.1) is 11.3 Å². The summed E-state index contributed by atoms with van der Waals surface area (Å²) in [5.41, 5.74) is 2.93. The Hall–Kier alpha value is -1.72. The smallest absolute Gasteiger partial charge is 0.224 e. The van der Waals surface area contributed by atoms with Gasteiger partial charge in [-0.3, -0.25) is 4.79 Å². The lowest BCUT2D eigenvalue weighted by molar-refractivity contribution is -0.116. The SMILES string of the molecule is O=C(CCCCBr)Nc1ccc(-c2nc3ccccc3s2)cc1. The van der Waals surface area contributed by atoms with Gasteiger partial charge < -0.3 is 5.32 Å². The number of carbonyl (C=O) groups excluding carboxylic acids is 1. The highest BCUT2D eigenvalue weighted by atomic mass is 79.9. The zero-order chi connectivity index (χ0) is 16.1. The molecule has 0 fully saturated rings. The first-order chi connectivity index (χ1) is 11.3. The molecule has 0 saturated heterocycles. The molecule has 1 aromatic heterocycles. The lowest BCUT2D eigenvalue weighted by atomic mass is 10.2. The number of amides is 1. The van der Waals surface area contributed by atoms with Gasteiger partial charge in [0, 0.05) is 23.0 Å². The van der Waals surface area contributed by atoms with Crippen molar-refractivity contribution in [2.75, 3.05) is 10.6 Å². The summed E-state index contributed by atoms with van der Waals surface area (Å²) in [5, 5.41) is 4.88. The highest BCUT2D eigenvalue weighted by Crippen LogP contribution is 2.30. The van der Waals surface area contributed by atoms with E-state index in [0.29, 0.717) is 6.42 Å². The van der Waals surface area contributed by atoms with Crippen LogP contribution in [0.2, 0.25) is 0 Å². The van der Waals surface area contributed by atoms with Crippen molar-refractivity contribution in [1.29, 1.82) is 0 Å². The fourth-order valence-corrected chi connectivity index (χ4v) is 3.66. The van der Waals surface area contributed by atoms with E-state index in [9.17, 15) is 4.79 Å². The van der Waals surface area contributed by atoms with E-state index in [4.69, 9.17) is 0 Å². The molecule has 0 aliphatic rings. The Balaban J connectivity index is 1.68. The Morgan fingerprint density at radius 2 is 1.87 bits per heavy atom. The number of fused-ring (bicyclic) bond motifs is 1. The van der Waals surface area contributed by atoms with Crippen molar-refractivity contribution in [3.63, 3.8) is 0 Å². The van der Waals surface area contributed by atoms with Gasteiger partial charge >= 0.3 is 0 Å². The lowest BCUT2D eigenvalue weighted by Gasteiger charge is -2.05. The molecule has 0 bridgehead atoms. The van der Waals surface area contributed by atoms with Crippen LogP contribution in [0.1, 0.15) is 19.3 Å². The van der Waals surface area contributed by atoms with E-state index in [2.05, 4.69) is 32.3 Å². The van der Waals surface area contributed by atoms with E-state index in [0.717, 1.165) is 39.9 Å². The number of anilines is 1. The lowest BCUT2D eigenvalue weighted by Crippen LogP contribution is -2.10. The predicted molar refractivity (Wildman–Crippen MR) is 101 cm³/mol. The standard InChI is InChI=1S/C18H17BrN2OS/c19-12-4-3-7-17(22)20-14-10-8-13(9-11-14)18-21-15-5-1-2-6-16(15)23-18/h1-2,5-6,8-11H,3-4,7,12H2,(H,20,22). The van der Waals surface area contributed by atoms with E-state index in [1.165, 1.54) is 4.70 Å². The fraction of sp³-hybridized carbons (Fsp3) is 0.222. The number of carbonyl (C=O) groups is 1. The number of unbranched alkanes of at least 4 members (excludes halogenated alkanes) is 1. The first-order valence-corrected chi connectivity index (χ1v) is 9.52. The van der Waals surface area contributed by atoms with Gasteiger partial charge in [-0.25, -0.2) is 4.98 Å². The quantitative estimate of drug-likeness (QED) is 0.449. The van der Waals surface area contributed by atoms with Gasteiger partial charge in [0.25, 0.3) is 0 Å². The zero-order valence-corrected chi connectivity index (χ0v) is 15.0.